The predicted octanol–water partition coefficient (Wildman–Crippen LogP) is -0.584. The molecule has 0 radical (unpaired) electrons. The molecule has 0 aliphatic heterocycles. The first-order chi connectivity index (χ1) is 2.91. The van der Waals surface area contributed by atoms with E-state index in [2.05, 4.69) is 4.89 Å². The van der Waals surface area contributed by atoms with Crippen LogP contribution >= 0.6 is 0 Å². The fourth-order valence-corrected chi connectivity index (χ4v) is 0.101. The minimum absolute atomic E-state index is 0. The number of hydrogen-bond acceptors (Lipinski definition) is 3. The summed E-state index contributed by atoms with van der Waals surface area (Å²) in [5.74, 6) is 0. The monoisotopic (exact) mass is 114 g/mol. The van der Waals surface area contributed by atoms with Crippen molar-refractivity contribution < 1.29 is 14.9 Å². The minimum atomic E-state index is 0. The standard InChI is InChI=1S/C3H6O3.Na.H/c4-2-1-3-6-5;;/h2,5H,1,3H2;;. The van der Waals surface area contributed by atoms with Gasteiger partial charge in [-0.3, -0.25) is 5.26 Å². The van der Waals surface area contributed by atoms with E-state index in [1.54, 1.807) is 0 Å². The van der Waals surface area contributed by atoms with E-state index in [-0.39, 0.29) is 42.6 Å². The quantitative estimate of drug-likeness (QED) is 0.175. The molecule has 0 aromatic heterocycles. The average molecular weight is 114 g/mol. The molecule has 4 heteroatoms. The maximum absolute atomic E-state index is 9.37. The van der Waals surface area contributed by atoms with Gasteiger partial charge in [-0.1, -0.05) is 0 Å². The molecule has 0 aliphatic carbocycles. The van der Waals surface area contributed by atoms with Crippen molar-refractivity contribution in [2.45, 2.75) is 6.42 Å². The first-order valence-electron chi connectivity index (χ1n) is 1.62. The Labute approximate surface area is 63.9 Å². The molecule has 0 spiro atoms. The van der Waals surface area contributed by atoms with Crippen molar-refractivity contribution in [2.24, 2.45) is 0 Å². The second-order valence-corrected chi connectivity index (χ2v) is 0.789. The normalized spacial score (nSPS) is 7.00. The van der Waals surface area contributed by atoms with E-state index in [1.165, 1.54) is 0 Å². The van der Waals surface area contributed by atoms with Crippen LogP contribution in [-0.4, -0.2) is 47.7 Å². The van der Waals surface area contributed by atoms with Gasteiger partial charge in [0, 0.05) is 6.42 Å². The van der Waals surface area contributed by atoms with Crippen molar-refractivity contribution in [2.75, 3.05) is 6.61 Å². The van der Waals surface area contributed by atoms with E-state index in [1.807, 2.05) is 0 Å². The van der Waals surface area contributed by atoms with Gasteiger partial charge in [-0.15, -0.1) is 0 Å². The van der Waals surface area contributed by atoms with E-state index in [4.69, 9.17) is 5.26 Å². The number of aldehydes is 1. The summed E-state index contributed by atoms with van der Waals surface area (Å²) in [6.07, 6.45) is 0.937. The SMILES string of the molecule is O=CCCOO.[NaH]. The second kappa shape index (κ2) is 9.77. The van der Waals surface area contributed by atoms with Gasteiger partial charge in [-0.2, -0.15) is 0 Å². The molecule has 0 fully saturated rings. The van der Waals surface area contributed by atoms with E-state index in [0.717, 1.165) is 0 Å². The van der Waals surface area contributed by atoms with Crippen LogP contribution in [0.3, 0.4) is 0 Å². The molecule has 0 unspecified atom stereocenters. The van der Waals surface area contributed by atoms with E-state index < -0.39 is 0 Å². The Morgan fingerprint density at radius 3 is 2.43 bits per heavy atom. The van der Waals surface area contributed by atoms with Gasteiger partial charge in [0.1, 0.15) is 6.29 Å². The molecule has 0 rings (SSSR count). The van der Waals surface area contributed by atoms with Gasteiger partial charge in [-0.25, -0.2) is 4.89 Å². The summed E-state index contributed by atoms with van der Waals surface area (Å²) in [6.45, 7) is 0.101. The molecule has 7 heavy (non-hydrogen) atoms. The van der Waals surface area contributed by atoms with Gasteiger partial charge < -0.3 is 4.79 Å². The fourth-order valence-electron chi connectivity index (χ4n) is 0.101. The van der Waals surface area contributed by atoms with Crippen LogP contribution < -0.4 is 0 Å². The average Bonchev–Trinajstić information content (AvgIpc) is 1.61. The first-order valence-corrected chi connectivity index (χ1v) is 1.62. The molecule has 0 atom stereocenters. The van der Waals surface area contributed by atoms with E-state index >= 15 is 0 Å². The summed E-state index contributed by atoms with van der Waals surface area (Å²) in [6, 6.07) is 0. The van der Waals surface area contributed by atoms with Crippen LogP contribution in [0, 0.1) is 0 Å². The molecule has 0 bridgehead atoms. The molecule has 0 aliphatic rings. The topological polar surface area (TPSA) is 46.5 Å². The molecule has 0 aromatic carbocycles. The zero-order chi connectivity index (χ0) is 4.83. The van der Waals surface area contributed by atoms with Gasteiger partial charge in [-0.05, 0) is 0 Å². The predicted molar refractivity (Wildman–Crippen MR) is 26.4 cm³/mol. The van der Waals surface area contributed by atoms with Crippen LogP contribution in [0.15, 0.2) is 0 Å². The molecule has 38 valence electrons. The van der Waals surface area contributed by atoms with Crippen LogP contribution in [0.4, 0.5) is 0 Å². The van der Waals surface area contributed by atoms with Crippen LogP contribution in [0.2, 0.25) is 0 Å². The number of carbonyl (C=O) groups excluding carboxylic acids is 1. The van der Waals surface area contributed by atoms with Crippen LogP contribution in [0.25, 0.3) is 0 Å². The molecule has 0 heterocycles. The molecular weight excluding hydrogens is 107 g/mol. The molecular formula is C3H7NaO3. The zero-order valence-corrected chi connectivity index (χ0v) is 3.26. The van der Waals surface area contributed by atoms with E-state index in [0.29, 0.717) is 6.29 Å². The Kier molecular flexibility index (Phi) is 14.7. The third-order valence-corrected chi connectivity index (χ3v) is 0.327. The molecule has 0 amide bonds. The van der Waals surface area contributed by atoms with Crippen molar-refractivity contribution in [3.63, 3.8) is 0 Å². The maximum atomic E-state index is 9.37. The Hall–Kier alpha value is 0.590. The Balaban J connectivity index is 0. The number of rotatable bonds is 3. The van der Waals surface area contributed by atoms with Gasteiger partial charge >= 0.3 is 29.6 Å². The zero-order valence-electron chi connectivity index (χ0n) is 3.26. The number of carbonyl (C=O) groups is 1. The van der Waals surface area contributed by atoms with Crippen molar-refractivity contribution in [1.29, 1.82) is 0 Å². The van der Waals surface area contributed by atoms with Crippen molar-refractivity contribution in [3.8, 4) is 0 Å². The summed E-state index contributed by atoms with van der Waals surface area (Å²) in [4.78, 5) is 12.9. The third kappa shape index (κ3) is 10.8. The molecule has 0 saturated heterocycles. The molecule has 0 aromatic rings. The summed E-state index contributed by atoms with van der Waals surface area (Å²) >= 11 is 0. The van der Waals surface area contributed by atoms with Crippen molar-refractivity contribution in [1.82, 2.24) is 0 Å². The molecule has 3 nitrogen and oxygen atoms in total. The Morgan fingerprint density at radius 2 is 2.29 bits per heavy atom. The Bertz CT molecular complexity index is 39.2. The van der Waals surface area contributed by atoms with Crippen LogP contribution in [-0.2, 0) is 9.68 Å². The molecule has 1 N–H and O–H groups in total. The van der Waals surface area contributed by atoms with Gasteiger partial charge in [0.05, 0.1) is 6.61 Å². The molecule has 0 saturated carbocycles. The Morgan fingerprint density at radius 1 is 1.71 bits per heavy atom. The van der Waals surface area contributed by atoms with Crippen molar-refractivity contribution in [3.05, 3.63) is 0 Å². The number of hydrogen-bond donors (Lipinski definition) is 1. The first kappa shape index (κ1) is 10.5. The second-order valence-electron chi connectivity index (χ2n) is 0.789. The van der Waals surface area contributed by atoms with Crippen molar-refractivity contribution >= 4 is 35.8 Å². The fraction of sp³-hybridized carbons (Fsp3) is 0.667. The van der Waals surface area contributed by atoms with Gasteiger partial charge in [0.2, 0.25) is 0 Å². The van der Waals surface area contributed by atoms with Gasteiger partial charge in [0.25, 0.3) is 0 Å². The summed E-state index contributed by atoms with van der Waals surface area (Å²) in [5.41, 5.74) is 0. The summed E-state index contributed by atoms with van der Waals surface area (Å²) < 4.78 is 0. The summed E-state index contributed by atoms with van der Waals surface area (Å²) in [7, 11) is 0. The van der Waals surface area contributed by atoms with Crippen LogP contribution in [0.5, 0.6) is 0 Å². The van der Waals surface area contributed by atoms with Crippen LogP contribution in [0.1, 0.15) is 6.42 Å². The third-order valence-electron chi connectivity index (χ3n) is 0.327. The van der Waals surface area contributed by atoms with Gasteiger partial charge in [0.15, 0.2) is 0 Å². The van der Waals surface area contributed by atoms with E-state index in [9.17, 15) is 4.79 Å². The summed E-state index contributed by atoms with van der Waals surface area (Å²) in [5, 5.41) is 7.54.